The Balaban J connectivity index is 1.84. The van der Waals surface area contributed by atoms with E-state index >= 15 is 0 Å². The third-order valence-electron chi connectivity index (χ3n) is 4.37. The standard InChI is InChI=1S/C16H19ClN2O2/c17-12(8-10-4-2-1-3-5-10)11-6-7-13-14(9-11)19-16(21)15(20)18-13/h6-7,9-10,12H,1-5,8H2,(H,18,20)(H,19,21). The van der Waals surface area contributed by atoms with Crippen LogP contribution in [0.2, 0.25) is 0 Å². The van der Waals surface area contributed by atoms with Gasteiger partial charge in [0.1, 0.15) is 0 Å². The van der Waals surface area contributed by atoms with Crippen molar-refractivity contribution in [2.45, 2.75) is 43.9 Å². The summed E-state index contributed by atoms with van der Waals surface area (Å²) in [7, 11) is 0. The van der Waals surface area contributed by atoms with Crippen molar-refractivity contribution in [1.82, 2.24) is 9.97 Å². The summed E-state index contributed by atoms with van der Waals surface area (Å²) in [6.07, 6.45) is 7.46. The summed E-state index contributed by atoms with van der Waals surface area (Å²) >= 11 is 6.55. The molecule has 3 rings (SSSR count). The van der Waals surface area contributed by atoms with Crippen LogP contribution in [-0.2, 0) is 0 Å². The largest absolute Gasteiger partial charge is 0.316 e. The molecular weight excluding hydrogens is 288 g/mol. The lowest BCUT2D eigenvalue weighted by atomic mass is 9.85. The summed E-state index contributed by atoms with van der Waals surface area (Å²) in [5, 5.41) is -0.0482. The number of alkyl halides is 1. The van der Waals surface area contributed by atoms with Crippen molar-refractivity contribution in [3.63, 3.8) is 0 Å². The molecule has 2 aromatic rings. The van der Waals surface area contributed by atoms with E-state index in [1.807, 2.05) is 12.1 Å². The number of aromatic nitrogens is 2. The maximum absolute atomic E-state index is 11.4. The minimum absolute atomic E-state index is 0.0482. The first-order chi connectivity index (χ1) is 10.1. The Morgan fingerprint density at radius 3 is 2.43 bits per heavy atom. The second kappa shape index (κ2) is 6.06. The fourth-order valence-corrected chi connectivity index (χ4v) is 3.57. The highest BCUT2D eigenvalue weighted by atomic mass is 35.5. The minimum atomic E-state index is -0.627. The number of rotatable bonds is 3. The SMILES string of the molecule is O=c1[nH]c2ccc(C(Cl)CC3CCCCC3)cc2[nH]c1=O. The van der Waals surface area contributed by atoms with Gasteiger partial charge in [0.15, 0.2) is 0 Å². The molecule has 1 fully saturated rings. The monoisotopic (exact) mass is 306 g/mol. The van der Waals surface area contributed by atoms with Crippen LogP contribution < -0.4 is 11.1 Å². The number of aromatic amines is 2. The van der Waals surface area contributed by atoms with Crippen LogP contribution in [0.4, 0.5) is 0 Å². The zero-order chi connectivity index (χ0) is 14.8. The molecule has 1 unspecified atom stereocenters. The van der Waals surface area contributed by atoms with Crippen molar-refractivity contribution < 1.29 is 0 Å². The van der Waals surface area contributed by atoms with Gasteiger partial charge in [0.25, 0.3) is 0 Å². The van der Waals surface area contributed by atoms with Crippen LogP contribution in [0.1, 0.15) is 49.5 Å². The molecule has 1 aromatic heterocycles. The van der Waals surface area contributed by atoms with E-state index in [1.165, 1.54) is 32.1 Å². The third kappa shape index (κ3) is 3.21. The molecular formula is C16H19ClN2O2. The number of hydrogen-bond acceptors (Lipinski definition) is 2. The van der Waals surface area contributed by atoms with Gasteiger partial charge in [-0.1, -0.05) is 38.2 Å². The molecule has 112 valence electrons. The number of benzene rings is 1. The Hall–Kier alpha value is -1.55. The second-order valence-electron chi connectivity index (χ2n) is 5.92. The molecule has 0 spiro atoms. The molecule has 2 N–H and O–H groups in total. The summed E-state index contributed by atoms with van der Waals surface area (Å²) in [6, 6.07) is 5.60. The molecule has 1 saturated carbocycles. The fourth-order valence-electron chi connectivity index (χ4n) is 3.18. The van der Waals surface area contributed by atoms with E-state index in [1.54, 1.807) is 6.07 Å². The first-order valence-electron chi connectivity index (χ1n) is 7.54. The Kier molecular flexibility index (Phi) is 4.15. The van der Waals surface area contributed by atoms with Crippen molar-refractivity contribution in [3.8, 4) is 0 Å². The lowest BCUT2D eigenvalue weighted by Crippen LogP contribution is -2.28. The Morgan fingerprint density at radius 1 is 1.05 bits per heavy atom. The molecule has 0 radical (unpaired) electrons. The van der Waals surface area contributed by atoms with Crippen LogP contribution in [0.5, 0.6) is 0 Å². The van der Waals surface area contributed by atoms with E-state index in [-0.39, 0.29) is 5.38 Å². The van der Waals surface area contributed by atoms with E-state index < -0.39 is 11.1 Å². The highest BCUT2D eigenvalue weighted by Gasteiger charge is 2.19. The van der Waals surface area contributed by atoms with Gasteiger partial charge in [-0.2, -0.15) is 0 Å². The highest BCUT2D eigenvalue weighted by Crippen LogP contribution is 2.35. The molecule has 1 aliphatic rings. The molecule has 1 atom stereocenters. The Labute approximate surface area is 127 Å². The molecule has 0 bridgehead atoms. The molecule has 1 heterocycles. The zero-order valence-electron chi connectivity index (χ0n) is 11.8. The average molecular weight is 307 g/mol. The molecule has 21 heavy (non-hydrogen) atoms. The van der Waals surface area contributed by atoms with Gasteiger partial charge in [-0.3, -0.25) is 9.59 Å². The van der Waals surface area contributed by atoms with Gasteiger partial charge in [-0.15, -0.1) is 11.6 Å². The second-order valence-corrected chi connectivity index (χ2v) is 6.45. The highest BCUT2D eigenvalue weighted by molar-refractivity contribution is 6.20. The first-order valence-corrected chi connectivity index (χ1v) is 7.97. The number of fused-ring (bicyclic) bond motifs is 1. The van der Waals surface area contributed by atoms with Gasteiger partial charge in [0, 0.05) is 0 Å². The molecule has 4 nitrogen and oxygen atoms in total. The predicted octanol–water partition coefficient (Wildman–Crippen LogP) is 3.47. The maximum Gasteiger partial charge on any atom is 0.314 e. The lowest BCUT2D eigenvalue weighted by Gasteiger charge is -2.23. The van der Waals surface area contributed by atoms with Crippen molar-refractivity contribution in [3.05, 3.63) is 44.5 Å². The van der Waals surface area contributed by atoms with E-state index in [2.05, 4.69) is 9.97 Å². The number of hydrogen-bond donors (Lipinski definition) is 2. The Morgan fingerprint density at radius 2 is 1.71 bits per heavy atom. The molecule has 5 heteroatoms. The number of H-pyrrole nitrogens is 2. The van der Waals surface area contributed by atoms with Crippen molar-refractivity contribution in [1.29, 1.82) is 0 Å². The van der Waals surface area contributed by atoms with E-state index in [9.17, 15) is 9.59 Å². The van der Waals surface area contributed by atoms with E-state index in [0.717, 1.165) is 12.0 Å². The average Bonchev–Trinajstić information content (AvgIpc) is 2.49. The van der Waals surface area contributed by atoms with Gasteiger partial charge in [-0.05, 0) is 30.0 Å². The summed E-state index contributed by atoms with van der Waals surface area (Å²) in [6.45, 7) is 0. The van der Waals surface area contributed by atoms with Crippen molar-refractivity contribution in [2.75, 3.05) is 0 Å². The normalized spacial score (nSPS) is 18.0. The zero-order valence-corrected chi connectivity index (χ0v) is 12.6. The third-order valence-corrected chi connectivity index (χ3v) is 4.80. The lowest BCUT2D eigenvalue weighted by molar-refractivity contribution is 0.336. The Bertz CT molecular complexity index is 744. The van der Waals surface area contributed by atoms with Gasteiger partial charge >= 0.3 is 11.1 Å². The van der Waals surface area contributed by atoms with E-state index in [0.29, 0.717) is 17.0 Å². The quantitative estimate of drug-likeness (QED) is 0.673. The molecule has 0 aliphatic heterocycles. The van der Waals surface area contributed by atoms with Crippen LogP contribution in [-0.4, -0.2) is 9.97 Å². The van der Waals surface area contributed by atoms with Crippen LogP contribution in [0, 0.1) is 5.92 Å². The summed E-state index contributed by atoms with van der Waals surface area (Å²) in [5.41, 5.74) is 1.01. The number of nitrogens with one attached hydrogen (secondary N) is 2. The van der Waals surface area contributed by atoms with Gasteiger partial charge in [0.05, 0.1) is 16.4 Å². The summed E-state index contributed by atoms with van der Waals surface area (Å²) in [4.78, 5) is 27.8. The van der Waals surface area contributed by atoms with Crippen LogP contribution >= 0.6 is 11.6 Å². The van der Waals surface area contributed by atoms with Crippen LogP contribution in [0.15, 0.2) is 27.8 Å². The van der Waals surface area contributed by atoms with Gasteiger partial charge in [0.2, 0.25) is 0 Å². The maximum atomic E-state index is 11.4. The minimum Gasteiger partial charge on any atom is -0.316 e. The van der Waals surface area contributed by atoms with Crippen molar-refractivity contribution >= 4 is 22.6 Å². The summed E-state index contributed by atoms with van der Waals surface area (Å²) < 4.78 is 0. The fraction of sp³-hybridized carbons (Fsp3) is 0.500. The first kappa shape index (κ1) is 14.4. The predicted molar refractivity (Wildman–Crippen MR) is 85.0 cm³/mol. The topological polar surface area (TPSA) is 65.7 Å². The number of halogens is 1. The van der Waals surface area contributed by atoms with Gasteiger partial charge in [-0.25, -0.2) is 0 Å². The smallest absolute Gasteiger partial charge is 0.314 e. The van der Waals surface area contributed by atoms with Crippen LogP contribution in [0.3, 0.4) is 0 Å². The summed E-state index contributed by atoms with van der Waals surface area (Å²) in [5.74, 6) is 0.701. The molecule has 1 aliphatic carbocycles. The molecule has 0 amide bonds. The van der Waals surface area contributed by atoms with E-state index in [4.69, 9.17) is 11.6 Å². The van der Waals surface area contributed by atoms with Crippen molar-refractivity contribution in [2.24, 2.45) is 5.92 Å². The molecule has 1 aromatic carbocycles. The van der Waals surface area contributed by atoms with Gasteiger partial charge < -0.3 is 9.97 Å². The van der Waals surface area contributed by atoms with Crippen LogP contribution in [0.25, 0.3) is 11.0 Å². The molecule has 0 saturated heterocycles.